The second-order valence-electron chi connectivity index (χ2n) is 3.75. The first-order chi connectivity index (χ1) is 7.92. The lowest BCUT2D eigenvalue weighted by Crippen LogP contribution is -2.37. The van der Waals surface area contributed by atoms with Gasteiger partial charge in [0.2, 0.25) is 0 Å². The van der Waals surface area contributed by atoms with Crippen LogP contribution in [0.5, 0.6) is 0 Å². The number of nitrogens with two attached hydrogens (primary N) is 1. The summed E-state index contributed by atoms with van der Waals surface area (Å²) in [6.45, 7) is 1.03. The van der Waals surface area contributed by atoms with E-state index in [9.17, 15) is 13.5 Å². The second-order valence-corrected chi connectivity index (χ2v) is 6.70. The summed E-state index contributed by atoms with van der Waals surface area (Å²) in [6, 6.07) is 5.92. The average molecular weight is 278 g/mol. The lowest BCUT2D eigenvalue weighted by molar-refractivity contribution is 0.277. The zero-order valence-electron chi connectivity index (χ0n) is 9.51. The molecule has 17 heavy (non-hydrogen) atoms. The van der Waals surface area contributed by atoms with Crippen LogP contribution in [0.25, 0.3) is 0 Å². The van der Waals surface area contributed by atoms with Gasteiger partial charge in [0, 0.05) is 16.8 Å². The van der Waals surface area contributed by atoms with E-state index in [-0.39, 0.29) is 5.75 Å². The largest absolute Gasteiger partial charge is 0.395 e. The first-order valence-corrected chi connectivity index (χ1v) is 7.35. The first kappa shape index (κ1) is 14.4. The lowest BCUT2D eigenvalue weighted by Gasteiger charge is -2.22. The van der Waals surface area contributed by atoms with Gasteiger partial charge >= 0.3 is 0 Å². The van der Waals surface area contributed by atoms with Gasteiger partial charge in [-0.1, -0.05) is 30.7 Å². The third kappa shape index (κ3) is 3.42. The Morgan fingerprint density at radius 1 is 1.47 bits per heavy atom. The van der Waals surface area contributed by atoms with Crippen LogP contribution in [0.2, 0.25) is 5.02 Å². The number of halogens is 1. The fourth-order valence-corrected chi connectivity index (χ4v) is 3.05. The smallest absolute Gasteiger partial charge is 0.157 e. The molecule has 0 unspecified atom stereocenters. The Hall–Kier alpha value is -0.620. The van der Waals surface area contributed by atoms with Crippen molar-refractivity contribution in [1.82, 2.24) is 0 Å². The van der Waals surface area contributed by atoms with Crippen molar-refractivity contribution in [1.29, 1.82) is 0 Å². The van der Waals surface area contributed by atoms with Gasteiger partial charge in [0.05, 0.1) is 6.61 Å². The molecule has 1 rings (SSSR count). The highest BCUT2D eigenvalue weighted by molar-refractivity contribution is 7.92. The van der Waals surface area contributed by atoms with Gasteiger partial charge in [0.15, 0.2) is 9.84 Å². The summed E-state index contributed by atoms with van der Waals surface area (Å²) >= 11 is 5.82. The van der Waals surface area contributed by atoms with Crippen LogP contribution in [-0.4, -0.2) is 31.1 Å². The monoisotopic (exact) mass is 277 g/mol. The molecule has 0 aliphatic rings. The first-order valence-electron chi connectivity index (χ1n) is 5.25. The highest BCUT2D eigenvalue weighted by atomic mass is 35.5. The fraction of sp³-hybridized carbons (Fsp3) is 0.455. The van der Waals surface area contributed by atoms with Gasteiger partial charge < -0.3 is 10.8 Å². The highest BCUT2D eigenvalue weighted by Gasteiger charge is 2.30. The maximum Gasteiger partial charge on any atom is 0.157 e. The molecule has 1 aromatic carbocycles. The van der Waals surface area contributed by atoms with Gasteiger partial charge in [-0.15, -0.1) is 0 Å². The second kappa shape index (κ2) is 5.82. The number of benzene rings is 1. The predicted molar refractivity (Wildman–Crippen MR) is 68.7 cm³/mol. The van der Waals surface area contributed by atoms with Gasteiger partial charge in [-0.2, -0.15) is 0 Å². The molecular weight excluding hydrogens is 262 g/mol. The minimum absolute atomic E-state index is 0.0491. The molecule has 0 spiro atoms. The van der Waals surface area contributed by atoms with Crippen molar-refractivity contribution in [2.75, 3.05) is 12.4 Å². The summed E-state index contributed by atoms with van der Waals surface area (Å²) in [6.07, 6.45) is 0. The third-order valence-electron chi connectivity index (χ3n) is 2.68. The number of aliphatic hydroxyl groups is 1. The number of sulfone groups is 1. The Bertz CT molecular complexity index is 475. The molecule has 4 nitrogen and oxygen atoms in total. The average Bonchev–Trinajstić information content (AvgIpc) is 2.29. The lowest BCUT2D eigenvalue weighted by atomic mass is 10.1. The van der Waals surface area contributed by atoms with Gasteiger partial charge in [-0.3, -0.25) is 0 Å². The van der Waals surface area contributed by atoms with Crippen molar-refractivity contribution in [2.45, 2.75) is 18.2 Å². The van der Waals surface area contributed by atoms with Crippen LogP contribution in [0.15, 0.2) is 24.3 Å². The number of hydrogen-bond donors (Lipinski definition) is 2. The molecule has 3 N–H and O–H groups in total. The quantitative estimate of drug-likeness (QED) is 0.846. The standard InChI is InChI=1S/C11H16ClNO3S/c1-2-17(15,16)10(7-14)11(13)8-4-3-5-9(12)6-8/h3-6,10-11,14H,2,7,13H2,1H3/t10-,11-/m0/s1. The van der Waals surface area contributed by atoms with Gasteiger partial charge in [0.25, 0.3) is 0 Å². The summed E-state index contributed by atoms with van der Waals surface area (Å²) in [5, 5.41) is 8.70. The molecule has 2 atom stereocenters. The minimum atomic E-state index is -3.39. The van der Waals surface area contributed by atoms with Crippen molar-refractivity contribution in [3.63, 3.8) is 0 Å². The molecule has 0 heterocycles. The molecule has 0 aliphatic heterocycles. The zero-order chi connectivity index (χ0) is 13.1. The van der Waals surface area contributed by atoms with E-state index >= 15 is 0 Å². The summed E-state index contributed by atoms with van der Waals surface area (Å²) in [4.78, 5) is 0. The van der Waals surface area contributed by atoms with E-state index in [1.165, 1.54) is 6.92 Å². The van der Waals surface area contributed by atoms with Crippen molar-refractivity contribution in [3.8, 4) is 0 Å². The normalized spacial score (nSPS) is 15.5. The van der Waals surface area contributed by atoms with Crippen LogP contribution >= 0.6 is 11.6 Å². The van der Waals surface area contributed by atoms with E-state index in [2.05, 4.69) is 0 Å². The van der Waals surface area contributed by atoms with Crippen molar-refractivity contribution in [2.24, 2.45) is 5.73 Å². The van der Waals surface area contributed by atoms with Gasteiger partial charge in [-0.25, -0.2) is 8.42 Å². The van der Waals surface area contributed by atoms with Gasteiger partial charge in [0.1, 0.15) is 5.25 Å². The van der Waals surface area contributed by atoms with E-state index in [0.29, 0.717) is 10.6 Å². The molecule has 0 aliphatic carbocycles. The summed E-state index contributed by atoms with van der Waals surface area (Å²) in [5.41, 5.74) is 6.49. The van der Waals surface area contributed by atoms with Crippen LogP contribution in [0.1, 0.15) is 18.5 Å². The maximum absolute atomic E-state index is 11.8. The third-order valence-corrected chi connectivity index (χ3v) is 5.08. The summed E-state index contributed by atoms with van der Waals surface area (Å²) < 4.78 is 23.5. The Morgan fingerprint density at radius 3 is 2.59 bits per heavy atom. The number of hydrogen-bond acceptors (Lipinski definition) is 4. The van der Waals surface area contributed by atoms with E-state index in [4.69, 9.17) is 17.3 Å². The topological polar surface area (TPSA) is 80.4 Å². The van der Waals surface area contributed by atoms with Crippen LogP contribution < -0.4 is 5.73 Å². The fourth-order valence-electron chi connectivity index (χ4n) is 1.59. The van der Waals surface area contributed by atoms with Gasteiger partial charge in [-0.05, 0) is 17.7 Å². The van der Waals surface area contributed by atoms with Crippen molar-refractivity contribution in [3.05, 3.63) is 34.9 Å². The number of aliphatic hydroxyl groups excluding tert-OH is 1. The molecule has 96 valence electrons. The van der Waals surface area contributed by atoms with Crippen molar-refractivity contribution >= 4 is 21.4 Å². The molecular formula is C11H16ClNO3S. The molecule has 0 fully saturated rings. The van der Waals surface area contributed by atoms with Crippen LogP contribution in [0, 0.1) is 0 Å². The molecule has 0 saturated carbocycles. The van der Waals surface area contributed by atoms with Crippen LogP contribution in [-0.2, 0) is 9.84 Å². The van der Waals surface area contributed by atoms with Crippen LogP contribution in [0.3, 0.4) is 0 Å². The highest BCUT2D eigenvalue weighted by Crippen LogP contribution is 2.22. The molecule has 1 aromatic rings. The number of rotatable bonds is 5. The Kier molecular flexibility index (Phi) is 4.94. The van der Waals surface area contributed by atoms with E-state index in [1.807, 2.05) is 0 Å². The molecule has 0 aromatic heterocycles. The Morgan fingerprint density at radius 2 is 2.12 bits per heavy atom. The Labute approximate surface area is 106 Å². The molecule has 0 radical (unpaired) electrons. The predicted octanol–water partition coefficient (Wildman–Crippen LogP) is 1.14. The van der Waals surface area contributed by atoms with E-state index < -0.39 is 27.7 Å². The van der Waals surface area contributed by atoms with Crippen LogP contribution in [0.4, 0.5) is 0 Å². The minimum Gasteiger partial charge on any atom is -0.395 e. The SMILES string of the molecule is CCS(=O)(=O)[C@@H](CO)[C@@H](N)c1cccc(Cl)c1. The van der Waals surface area contributed by atoms with E-state index in [1.54, 1.807) is 24.3 Å². The summed E-state index contributed by atoms with van der Waals surface area (Å²) in [7, 11) is -3.39. The molecule has 0 saturated heterocycles. The molecule has 6 heteroatoms. The summed E-state index contributed by atoms with van der Waals surface area (Å²) in [5.74, 6) is -0.0491. The molecule has 0 amide bonds. The van der Waals surface area contributed by atoms with E-state index in [0.717, 1.165) is 0 Å². The maximum atomic E-state index is 11.8. The zero-order valence-corrected chi connectivity index (χ0v) is 11.1. The Balaban J connectivity index is 3.06. The van der Waals surface area contributed by atoms with Crippen molar-refractivity contribution < 1.29 is 13.5 Å². The molecule has 0 bridgehead atoms.